The zero-order chi connectivity index (χ0) is 18.1. The summed E-state index contributed by atoms with van der Waals surface area (Å²) in [5, 5.41) is 3.58. The number of aliphatic imine (C=N–C) groups is 1. The fourth-order valence-corrected chi connectivity index (χ4v) is 3.21. The van der Waals surface area contributed by atoms with E-state index < -0.39 is 0 Å². The third kappa shape index (κ3) is 7.04. The van der Waals surface area contributed by atoms with Crippen LogP contribution in [0.1, 0.15) is 36.9 Å². The Kier molecular flexibility index (Phi) is 11.2. The number of hydrogen-bond acceptors (Lipinski definition) is 3. The van der Waals surface area contributed by atoms with E-state index >= 15 is 0 Å². The standard InChI is InChI=1S/C20H34N4O.HI/c1-5-6-11-23(4)20(21-3)22-16-19(24-12-14-25-15-13-24)18-9-7-17(2)8-10-18;/h7-10,19H,5-6,11-16H2,1-4H3,(H,21,22);1H. The van der Waals surface area contributed by atoms with Gasteiger partial charge < -0.3 is 15.0 Å². The average Bonchev–Trinajstić information content (AvgIpc) is 2.65. The molecule has 0 aliphatic carbocycles. The first kappa shape index (κ1) is 23.2. The van der Waals surface area contributed by atoms with E-state index in [1.54, 1.807) is 0 Å². The number of ether oxygens (including phenoxy) is 1. The Morgan fingerprint density at radius 1 is 1.27 bits per heavy atom. The van der Waals surface area contributed by atoms with Crippen LogP contribution in [-0.2, 0) is 4.74 Å². The maximum Gasteiger partial charge on any atom is 0.193 e. The van der Waals surface area contributed by atoms with E-state index in [4.69, 9.17) is 4.74 Å². The number of morpholine rings is 1. The lowest BCUT2D eigenvalue weighted by Gasteiger charge is -2.35. The van der Waals surface area contributed by atoms with Crippen LogP contribution in [0.4, 0.5) is 0 Å². The van der Waals surface area contributed by atoms with E-state index in [0.717, 1.165) is 45.4 Å². The monoisotopic (exact) mass is 474 g/mol. The summed E-state index contributed by atoms with van der Waals surface area (Å²) < 4.78 is 5.54. The summed E-state index contributed by atoms with van der Waals surface area (Å²) in [6.07, 6.45) is 2.38. The van der Waals surface area contributed by atoms with Crippen LogP contribution in [-0.4, -0.2) is 69.2 Å². The highest BCUT2D eigenvalue weighted by Gasteiger charge is 2.23. The number of aryl methyl sites for hydroxylation is 1. The van der Waals surface area contributed by atoms with Crippen molar-refractivity contribution < 1.29 is 4.74 Å². The second kappa shape index (κ2) is 12.5. The van der Waals surface area contributed by atoms with Gasteiger partial charge in [-0.05, 0) is 18.9 Å². The highest BCUT2D eigenvalue weighted by atomic mass is 127. The molecule has 1 unspecified atom stereocenters. The molecule has 1 aliphatic heterocycles. The predicted molar refractivity (Wildman–Crippen MR) is 121 cm³/mol. The van der Waals surface area contributed by atoms with Crippen molar-refractivity contribution in [1.82, 2.24) is 15.1 Å². The molecule has 26 heavy (non-hydrogen) atoms. The number of rotatable bonds is 7. The van der Waals surface area contributed by atoms with Crippen LogP contribution in [0.15, 0.2) is 29.3 Å². The summed E-state index contributed by atoms with van der Waals surface area (Å²) in [6, 6.07) is 9.23. The molecule has 2 rings (SSSR count). The van der Waals surface area contributed by atoms with Crippen LogP contribution < -0.4 is 5.32 Å². The van der Waals surface area contributed by atoms with Crippen LogP contribution in [0.25, 0.3) is 0 Å². The maximum absolute atomic E-state index is 5.54. The summed E-state index contributed by atoms with van der Waals surface area (Å²) in [5.74, 6) is 0.971. The predicted octanol–water partition coefficient (Wildman–Crippen LogP) is 3.29. The molecule has 0 spiro atoms. The van der Waals surface area contributed by atoms with Crippen molar-refractivity contribution in [2.75, 3.05) is 53.5 Å². The molecule has 1 saturated heterocycles. The van der Waals surface area contributed by atoms with Crippen molar-refractivity contribution >= 4 is 29.9 Å². The van der Waals surface area contributed by atoms with Crippen LogP contribution in [0, 0.1) is 6.92 Å². The van der Waals surface area contributed by atoms with Crippen LogP contribution in [0.2, 0.25) is 0 Å². The zero-order valence-corrected chi connectivity index (χ0v) is 19.0. The molecule has 148 valence electrons. The molecule has 6 heteroatoms. The van der Waals surface area contributed by atoms with E-state index in [0.29, 0.717) is 6.04 Å². The van der Waals surface area contributed by atoms with Gasteiger partial charge in [0.25, 0.3) is 0 Å². The topological polar surface area (TPSA) is 40.1 Å². The van der Waals surface area contributed by atoms with Gasteiger partial charge in [-0.3, -0.25) is 9.89 Å². The number of hydrogen-bond donors (Lipinski definition) is 1. The van der Waals surface area contributed by atoms with Gasteiger partial charge in [-0.25, -0.2) is 0 Å². The molecule has 5 nitrogen and oxygen atoms in total. The van der Waals surface area contributed by atoms with Gasteiger partial charge in [0, 0.05) is 40.3 Å². The Morgan fingerprint density at radius 3 is 2.50 bits per heavy atom. The molecular weight excluding hydrogens is 439 g/mol. The summed E-state index contributed by atoms with van der Waals surface area (Å²) in [5.41, 5.74) is 2.65. The quantitative estimate of drug-likeness (QED) is 0.374. The number of nitrogens with zero attached hydrogens (tertiary/aromatic N) is 3. The lowest BCUT2D eigenvalue weighted by atomic mass is 10.0. The number of guanidine groups is 1. The molecule has 1 heterocycles. The molecule has 1 N–H and O–H groups in total. The Bertz CT molecular complexity index is 529. The van der Waals surface area contributed by atoms with Crippen LogP contribution in [0.5, 0.6) is 0 Å². The van der Waals surface area contributed by atoms with E-state index in [2.05, 4.69) is 65.3 Å². The Hall–Kier alpha value is -0.860. The molecule has 1 aromatic rings. The molecule has 1 aromatic carbocycles. The van der Waals surface area contributed by atoms with Crippen molar-refractivity contribution in [2.24, 2.45) is 4.99 Å². The third-order valence-corrected chi connectivity index (χ3v) is 4.82. The molecule has 0 saturated carbocycles. The number of unbranched alkanes of at least 4 members (excludes halogenated alkanes) is 1. The van der Waals surface area contributed by atoms with Crippen molar-refractivity contribution in [2.45, 2.75) is 32.7 Å². The highest BCUT2D eigenvalue weighted by Crippen LogP contribution is 2.21. The summed E-state index contributed by atoms with van der Waals surface area (Å²) in [4.78, 5) is 9.19. The Morgan fingerprint density at radius 2 is 1.92 bits per heavy atom. The SMILES string of the molecule is CCCCN(C)C(=NC)NCC(c1ccc(C)cc1)N1CCOCC1.I. The first-order chi connectivity index (χ1) is 12.2. The van der Waals surface area contributed by atoms with Crippen molar-refractivity contribution in [3.63, 3.8) is 0 Å². The zero-order valence-electron chi connectivity index (χ0n) is 16.7. The lowest BCUT2D eigenvalue weighted by molar-refractivity contribution is 0.0169. The van der Waals surface area contributed by atoms with E-state index in [-0.39, 0.29) is 24.0 Å². The normalized spacial score (nSPS) is 16.7. The first-order valence-corrected chi connectivity index (χ1v) is 9.45. The van der Waals surface area contributed by atoms with Gasteiger partial charge in [-0.15, -0.1) is 24.0 Å². The van der Waals surface area contributed by atoms with Crippen molar-refractivity contribution in [3.05, 3.63) is 35.4 Å². The van der Waals surface area contributed by atoms with Crippen LogP contribution >= 0.6 is 24.0 Å². The second-order valence-electron chi connectivity index (χ2n) is 6.78. The van der Waals surface area contributed by atoms with E-state index in [1.807, 2.05) is 7.05 Å². The fourth-order valence-electron chi connectivity index (χ4n) is 3.21. The Balaban J connectivity index is 0.00000338. The molecule has 1 atom stereocenters. The largest absolute Gasteiger partial charge is 0.379 e. The van der Waals surface area contributed by atoms with Gasteiger partial charge in [-0.2, -0.15) is 0 Å². The maximum atomic E-state index is 5.54. The number of benzene rings is 1. The molecule has 0 bridgehead atoms. The van der Waals surface area contributed by atoms with Gasteiger partial charge in [0.05, 0.1) is 19.3 Å². The van der Waals surface area contributed by atoms with Gasteiger partial charge in [0.1, 0.15) is 0 Å². The first-order valence-electron chi connectivity index (χ1n) is 9.45. The molecule has 1 fully saturated rings. The van der Waals surface area contributed by atoms with Gasteiger partial charge in [0.2, 0.25) is 0 Å². The summed E-state index contributed by atoms with van der Waals surface area (Å²) in [7, 11) is 3.97. The molecule has 0 aromatic heterocycles. The molecule has 1 aliphatic rings. The third-order valence-electron chi connectivity index (χ3n) is 4.82. The number of halogens is 1. The summed E-state index contributed by atoms with van der Waals surface area (Å²) in [6.45, 7) is 9.82. The van der Waals surface area contributed by atoms with Gasteiger partial charge in [0.15, 0.2) is 5.96 Å². The minimum atomic E-state index is 0. The molecule has 0 radical (unpaired) electrons. The summed E-state index contributed by atoms with van der Waals surface area (Å²) >= 11 is 0. The fraction of sp³-hybridized carbons (Fsp3) is 0.650. The van der Waals surface area contributed by atoms with Crippen LogP contribution in [0.3, 0.4) is 0 Å². The molecular formula is C20H35IN4O. The van der Waals surface area contributed by atoms with E-state index in [9.17, 15) is 0 Å². The minimum absolute atomic E-state index is 0. The smallest absolute Gasteiger partial charge is 0.193 e. The number of nitrogens with one attached hydrogen (secondary N) is 1. The molecule has 0 amide bonds. The average molecular weight is 474 g/mol. The van der Waals surface area contributed by atoms with Crippen molar-refractivity contribution in [3.8, 4) is 0 Å². The minimum Gasteiger partial charge on any atom is -0.379 e. The van der Waals surface area contributed by atoms with E-state index in [1.165, 1.54) is 24.0 Å². The van der Waals surface area contributed by atoms with Gasteiger partial charge >= 0.3 is 0 Å². The highest BCUT2D eigenvalue weighted by molar-refractivity contribution is 14.0. The second-order valence-corrected chi connectivity index (χ2v) is 6.78. The Labute approximate surface area is 176 Å². The van der Waals surface area contributed by atoms with Gasteiger partial charge in [-0.1, -0.05) is 43.2 Å². The lowest BCUT2D eigenvalue weighted by Crippen LogP contribution is -2.46. The van der Waals surface area contributed by atoms with Crippen molar-refractivity contribution in [1.29, 1.82) is 0 Å².